The number of carbonyl (C=O) groups excluding carboxylic acids is 2. The topological polar surface area (TPSA) is 85.1 Å². The van der Waals surface area contributed by atoms with Crippen LogP contribution in [0, 0.1) is 0 Å². The zero-order chi connectivity index (χ0) is 19.0. The average Bonchev–Trinajstić information content (AvgIpc) is 3.29. The third kappa shape index (κ3) is 2.99. The van der Waals surface area contributed by atoms with Crippen molar-refractivity contribution < 1.29 is 9.59 Å². The molecular weight excluding hydrogens is 344 g/mol. The highest BCUT2D eigenvalue weighted by atomic mass is 16.2. The SMILES string of the molecule is CCN1C(=O)C(NC(=O)c2ccn(C)n2)Cc2cnn(-c3ccccc3)c21. The van der Waals surface area contributed by atoms with Crippen LogP contribution in [-0.2, 0) is 18.3 Å². The summed E-state index contributed by atoms with van der Waals surface area (Å²) in [6.45, 7) is 2.40. The highest BCUT2D eigenvalue weighted by molar-refractivity contribution is 6.03. The van der Waals surface area contributed by atoms with Gasteiger partial charge in [-0.2, -0.15) is 10.2 Å². The number of anilines is 1. The molecule has 1 aliphatic rings. The molecule has 0 fully saturated rings. The molecule has 0 spiro atoms. The van der Waals surface area contributed by atoms with E-state index in [9.17, 15) is 9.59 Å². The summed E-state index contributed by atoms with van der Waals surface area (Å²) in [6, 6.07) is 10.7. The number of amides is 2. The van der Waals surface area contributed by atoms with Gasteiger partial charge in [0.25, 0.3) is 11.8 Å². The Kier molecular flexibility index (Phi) is 4.23. The summed E-state index contributed by atoms with van der Waals surface area (Å²) in [5, 5.41) is 11.4. The zero-order valence-corrected chi connectivity index (χ0v) is 15.2. The van der Waals surface area contributed by atoms with Crippen molar-refractivity contribution in [2.24, 2.45) is 7.05 Å². The number of aromatic nitrogens is 4. The number of likely N-dealkylation sites (N-methyl/N-ethyl adjacent to an activating group) is 1. The Morgan fingerprint density at radius 2 is 2.04 bits per heavy atom. The van der Waals surface area contributed by atoms with Crippen LogP contribution in [0.4, 0.5) is 5.82 Å². The van der Waals surface area contributed by atoms with Crippen LogP contribution in [0.15, 0.2) is 48.8 Å². The van der Waals surface area contributed by atoms with E-state index in [0.29, 0.717) is 18.7 Å². The molecular formula is C19H20N6O2. The van der Waals surface area contributed by atoms with Gasteiger partial charge in [0.1, 0.15) is 17.6 Å². The Bertz CT molecular complexity index is 991. The second-order valence-corrected chi connectivity index (χ2v) is 6.43. The van der Waals surface area contributed by atoms with E-state index in [0.717, 1.165) is 17.1 Å². The lowest BCUT2D eigenvalue weighted by atomic mass is 10.0. The second kappa shape index (κ2) is 6.71. The lowest BCUT2D eigenvalue weighted by Gasteiger charge is -2.32. The summed E-state index contributed by atoms with van der Waals surface area (Å²) in [4.78, 5) is 27.1. The van der Waals surface area contributed by atoms with Gasteiger partial charge in [-0.1, -0.05) is 18.2 Å². The lowest BCUT2D eigenvalue weighted by molar-refractivity contribution is -0.120. The maximum atomic E-state index is 13.0. The van der Waals surface area contributed by atoms with Crippen molar-refractivity contribution in [2.45, 2.75) is 19.4 Å². The number of para-hydroxylation sites is 1. The smallest absolute Gasteiger partial charge is 0.272 e. The number of aryl methyl sites for hydroxylation is 1. The third-order valence-electron chi connectivity index (χ3n) is 4.63. The van der Waals surface area contributed by atoms with E-state index in [1.807, 2.05) is 37.3 Å². The first-order chi connectivity index (χ1) is 13.1. The minimum atomic E-state index is -0.639. The average molecular weight is 364 g/mol. The summed E-state index contributed by atoms with van der Waals surface area (Å²) in [5.41, 5.74) is 2.10. The highest BCUT2D eigenvalue weighted by Gasteiger charge is 2.36. The molecule has 2 amide bonds. The summed E-state index contributed by atoms with van der Waals surface area (Å²) in [7, 11) is 1.74. The van der Waals surface area contributed by atoms with Crippen molar-refractivity contribution in [3.05, 3.63) is 60.0 Å². The van der Waals surface area contributed by atoms with Crippen LogP contribution in [0.1, 0.15) is 23.0 Å². The molecule has 4 rings (SSSR count). The van der Waals surface area contributed by atoms with Gasteiger partial charge in [0.2, 0.25) is 0 Å². The van der Waals surface area contributed by atoms with Crippen LogP contribution in [0.25, 0.3) is 5.69 Å². The predicted octanol–water partition coefficient (Wildman–Crippen LogP) is 1.31. The third-order valence-corrected chi connectivity index (χ3v) is 4.63. The van der Waals surface area contributed by atoms with Gasteiger partial charge in [0.05, 0.1) is 11.9 Å². The molecule has 1 unspecified atom stereocenters. The molecule has 1 aliphatic heterocycles. The van der Waals surface area contributed by atoms with E-state index in [1.165, 1.54) is 0 Å². The van der Waals surface area contributed by atoms with Crippen LogP contribution in [-0.4, -0.2) is 44.0 Å². The van der Waals surface area contributed by atoms with E-state index >= 15 is 0 Å². The van der Waals surface area contributed by atoms with E-state index in [2.05, 4.69) is 15.5 Å². The summed E-state index contributed by atoms with van der Waals surface area (Å²) < 4.78 is 3.32. The van der Waals surface area contributed by atoms with Crippen LogP contribution in [0.2, 0.25) is 0 Å². The number of benzene rings is 1. The van der Waals surface area contributed by atoms with Gasteiger partial charge in [-0.3, -0.25) is 19.2 Å². The standard InChI is InChI=1S/C19H20N6O2/c1-3-24-18-13(12-20-25(18)14-7-5-4-6-8-14)11-16(19(24)27)21-17(26)15-9-10-23(2)22-15/h4-10,12,16H,3,11H2,1-2H3,(H,21,26). The molecule has 3 heterocycles. The highest BCUT2D eigenvalue weighted by Crippen LogP contribution is 2.30. The van der Waals surface area contributed by atoms with Gasteiger partial charge in [-0.15, -0.1) is 0 Å². The van der Waals surface area contributed by atoms with Crippen molar-refractivity contribution in [1.82, 2.24) is 24.9 Å². The van der Waals surface area contributed by atoms with E-state index in [1.54, 1.807) is 39.8 Å². The Labute approximate surface area is 156 Å². The van der Waals surface area contributed by atoms with E-state index in [4.69, 9.17) is 0 Å². The molecule has 0 radical (unpaired) electrons. The number of rotatable bonds is 4. The maximum Gasteiger partial charge on any atom is 0.272 e. The largest absolute Gasteiger partial charge is 0.338 e. The first kappa shape index (κ1) is 17.0. The molecule has 1 atom stereocenters. The fourth-order valence-electron chi connectivity index (χ4n) is 3.35. The van der Waals surface area contributed by atoms with E-state index in [-0.39, 0.29) is 11.8 Å². The van der Waals surface area contributed by atoms with Crippen molar-refractivity contribution in [3.8, 4) is 5.69 Å². The van der Waals surface area contributed by atoms with Gasteiger partial charge in [0.15, 0.2) is 0 Å². The van der Waals surface area contributed by atoms with Crippen LogP contribution in [0.3, 0.4) is 0 Å². The number of nitrogens with zero attached hydrogens (tertiary/aromatic N) is 5. The molecule has 0 saturated heterocycles. The van der Waals surface area contributed by atoms with Crippen LogP contribution in [0.5, 0.6) is 0 Å². The van der Waals surface area contributed by atoms with Gasteiger partial charge >= 0.3 is 0 Å². The lowest BCUT2D eigenvalue weighted by Crippen LogP contribution is -2.53. The zero-order valence-electron chi connectivity index (χ0n) is 15.2. The van der Waals surface area contributed by atoms with Gasteiger partial charge < -0.3 is 5.32 Å². The molecule has 0 bridgehead atoms. The monoisotopic (exact) mass is 364 g/mol. The summed E-state index contributed by atoms with van der Waals surface area (Å²) >= 11 is 0. The maximum absolute atomic E-state index is 13.0. The second-order valence-electron chi connectivity index (χ2n) is 6.43. The molecule has 0 aliphatic carbocycles. The number of nitrogens with one attached hydrogen (secondary N) is 1. The van der Waals surface area contributed by atoms with Crippen LogP contribution >= 0.6 is 0 Å². The summed E-state index contributed by atoms with van der Waals surface area (Å²) in [5.74, 6) is 0.257. The first-order valence-electron chi connectivity index (χ1n) is 8.82. The van der Waals surface area contributed by atoms with Crippen molar-refractivity contribution in [1.29, 1.82) is 0 Å². The fraction of sp³-hybridized carbons (Fsp3) is 0.263. The van der Waals surface area contributed by atoms with Crippen molar-refractivity contribution >= 4 is 17.6 Å². The molecule has 8 heteroatoms. The Morgan fingerprint density at radius 3 is 2.70 bits per heavy atom. The number of hydrogen-bond acceptors (Lipinski definition) is 4. The fourth-order valence-corrected chi connectivity index (χ4v) is 3.35. The van der Waals surface area contributed by atoms with Gasteiger partial charge in [-0.25, -0.2) is 4.68 Å². The van der Waals surface area contributed by atoms with Crippen molar-refractivity contribution in [2.75, 3.05) is 11.4 Å². The predicted molar refractivity (Wildman–Crippen MR) is 99.8 cm³/mol. The van der Waals surface area contributed by atoms with E-state index < -0.39 is 6.04 Å². The Hall–Kier alpha value is -3.42. The van der Waals surface area contributed by atoms with Gasteiger partial charge in [0, 0.05) is 31.8 Å². The minimum Gasteiger partial charge on any atom is -0.338 e. The number of carbonyl (C=O) groups is 2. The molecule has 1 aromatic carbocycles. The minimum absolute atomic E-state index is 0.146. The molecule has 3 aromatic rings. The summed E-state index contributed by atoms with van der Waals surface area (Å²) in [6.07, 6.45) is 3.85. The molecule has 8 nitrogen and oxygen atoms in total. The molecule has 138 valence electrons. The molecule has 2 aromatic heterocycles. The Balaban J connectivity index is 1.64. The molecule has 0 saturated carbocycles. The normalized spacial score (nSPS) is 16.3. The number of hydrogen-bond donors (Lipinski definition) is 1. The molecule has 1 N–H and O–H groups in total. The Morgan fingerprint density at radius 1 is 1.26 bits per heavy atom. The number of fused-ring (bicyclic) bond motifs is 1. The quantitative estimate of drug-likeness (QED) is 0.756. The molecule has 27 heavy (non-hydrogen) atoms. The van der Waals surface area contributed by atoms with Crippen molar-refractivity contribution in [3.63, 3.8) is 0 Å². The first-order valence-corrected chi connectivity index (χ1v) is 8.82. The van der Waals surface area contributed by atoms with Crippen LogP contribution < -0.4 is 10.2 Å². The van der Waals surface area contributed by atoms with Gasteiger partial charge in [-0.05, 0) is 25.1 Å².